The van der Waals surface area contributed by atoms with Gasteiger partial charge in [0.25, 0.3) is 0 Å². The topological polar surface area (TPSA) is 73.4 Å². The van der Waals surface area contributed by atoms with Crippen LogP contribution < -0.4 is 0 Å². The first-order chi connectivity index (χ1) is 8.22. The maximum Gasteiger partial charge on any atom is 0.168 e. The third kappa shape index (κ3) is 2.37. The number of hydrogen-bond donors (Lipinski definition) is 1. The van der Waals surface area contributed by atoms with E-state index in [0.29, 0.717) is 11.3 Å². The van der Waals surface area contributed by atoms with Crippen molar-refractivity contribution in [1.29, 1.82) is 10.7 Å². The molecule has 1 aromatic carbocycles. The summed E-state index contributed by atoms with van der Waals surface area (Å²) >= 11 is 3.34. The van der Waals surface area contributed by atoms with Crippen molar-refractivity contribution in [3.8, 4) is 6.07 Å². The summed E-state index contributed by atoms with van der Waals surface area (Å²) in [6, 6.07) is 9.24. The van der Waals surface area contributed by atoms with Gasteiger partial charge in [0.1, 0.15) is 11.8 Å². The largest absolute Gasteiger partial charge is 0.298 e. The van der Waals surface area contributed by atoms with Gasteiger partial charge in [0.05, 0.1) is 5.71 Å². The molecule has 1 aromatic heterocycles. The van der Waals surface area contributed by atoms with Gasteiger partial charge < -0.3 is 0 Å². The highest BCUT2D eigenvalue weighted by atomic mass is 79.9. The summed E-state index contributed by atoms with van der Waals surface area (Å²) in [5, 5.41) is 16.9. The standard InChI is InChI=1S/C12H7BrN4/c13-9-3-1-2-8(6-9)11(15)12-10(7-14)16-4-5-17-12/h1-6,15H. The molecular weight excluding hydrogens is 280 g/mol. The number of aromatic nitrogens is 2. The van der Waals surface area contributed by atoms with Crippen LogP contribution in [0.15, 0.2) is 41.1 Å². The fourth-order valence-corrected chi connectivity index (χ4v) is 1.78. The van der Waals surface area contributed by atoms with Crippen LogP contribution in [0.4, 0.5) is 0 Å². The number of hydrogen-bond acceptors (Lipinski definition) is 4. The van der Waals surface area contributed by atoms with Gasteiger partial charge in [-0.1, -0.05) is 28.1 Å². The Morgan fingerprint density at radius 2 is 2.06 bits per heavy atom. The molecule has 0 spiro atoms. The van der Waals surface area contributed by atoms with Gasteiger partial charge in [-0.15, -0.1) is 0 Å². The third-order valence-corrected chi connectivity index (χ3v) is 2.65. The quantitative estimate of drug-likeness (QED) is 0.862. The minimum Gasteiger partial charge on any atom is -0.298 e. The molecular formula is C12H7BrN4. The number of nitriles is 1. The van der Waals surface area contributed by atoms with Crippen molar-refractivity contribution >= 4 is 21.6 Å². The Morgan fingerprint density at radius 3 is 2.76 bits per heavy atom. The Bertz CT molecular complexity index is 616. The van der Waals surface area contributed by atoms with Gasteiger partial charge in [0.2, 0.25) is 0 Å². The third-order valence-electron chi connectivity index (χ3n) is 2.15. The molecule has 0 radical (unpaired) electrons. The van der Waals surface area contributed by atoms with Crippen molar-refractivity contribution in [1.82, 2.24) is 9.97 Å². The van der Waals surface area contributed by atoms with Crippen LogP contribution in [0, 0.1) is 16.7 Å². The van der Waals surface area contributed by atoms with E-state index in [9.17, 15) is 0 Å². The van der Waals surface area contributed by atoms with Crippen molar-refractivity contribution in [2.24, 2.45) is 0 Å². The van der Waals surface area contributed by atoms with E-state index in [0.717, 1.165) is 4.47 Å². The molecule has 1 heterocycles. The minimum atomic E-state index is 0.164. The maximum absolute atomic E-state index is 8.91. The van der Waals surface area contributed by atoms with E-state index in [2.05, 4.69) is 25.9 Å². The summed E-state index contributed by atoms with van der Waals surface area (Å²) in [7, 11) is 0. The molecule has 1 N–H and O–H groups in total. The lowest BCUT2D eigenvalue weighted by Gasteiger charge is -2.04. The Morgan fingerprint density at radius 1 is 1.29 bits per heavy atom. The zero-order valence-corrected chi connectivity index (χ0v) is 10.3. The molecule has 4 nitrogen and oxygen atoms in total. The van der Waals surface area contributed by atoms with E-state index in [4.69, 9.17) is 10.7 Å². The van der Waals surface area contributed by atoms with Crippen molar-refractivity contribution < 1.29 is 0 Å². The summed E-state index contributed by atoms with van der Waals surface area (Å²) in [6.07, 6.45) is 2.92. The van der Waals surface area contributed by atoms with Crippen molar-refractivity contribution in [2.75, 3.05) is 0 Å². The summed E-state index contributed by atoms with van der Waals surface area (Å²) in [5.41, 5.74) is 1.35. The summed E-state index contributed by atoms with van der Waals surface area (Å²) in [5.74, 6) is 0. The lowest BCUT2D eigenvalue weighted by atomic mass is 10.1. The zero-order chi connectivity index (χ0) is 12.3. The van der Waals surface area contributed by atoms with Crippen LogP contribution in [0.2, 0.25) is 0 Å². The number of nitrogens with one attached hydrogen (secondary N) is 1. The average molecular weight is 287 g/mol. The van der Waals surface area contributed by atoms with Gasteiger partial charge in [0, 0.05) is 22.4 Å². The second kappa shape index (κ2) is 4.85. The molecule has 0 unspecified atom stereocenters. The van der Waals surface area contributed by atoms with Crippen LogP contribution >= 0.6 is 15.9 Å². The van der Waals surface area contributed by atoms with Gasteiger partial charge in [-0.2, -0.15) is 5.26 Å². The van der Waals surface area contributed by atoms with Gasteiger partial charge in [-0.3, -0.25) is 5.41 Å². The summed E-state index contributed by atoms with van der Waals surface area (Å²) < 4.78 is 0.877. The van der Waals surface area contributed by atoms with E-state index >= 15 is 0 Å². The predicted octanol–water partition coefficient (Wildman–Crippen LogP) is 2.53. The Hall–Kier alpha value is -2.06. The van der Waals surface area contributed by atoms with E-state index in [1.165, 1.54) is 12.4 Å². The SMILES string of the molecule is N#Cc1nccnc1C(=N)c1cccc(Br)c1. The second-order valence-electron chi connectivity index (χ2n) is 3.25. The highest BCUT2D eigenvalue weighted by molar-refractivity contribution is 9.10. The number of rotatable bonds is 2. The monoisotopic (exact) mass is 286 g/mol. The molecule has 0 bridgehead atoms. The van der Waals surface area contributed by atoms with E-state index in [1.54, 1.807) is 12.1 Å². The van der Waals surface area contributed by atoms with E-state index in [-0.39, 0.29) is 11.4 Å². The highest BCUT2D eigenvalue weighted by Crippen LogP contribution is 2.15. The zero-order valence-electron chi connectivity index (χ0n) is 8.68. The maximum atomic E-state index is 8.91. The van der Waals surface area contributed by atoms with Crippen molar-refractivity contribution in [2.45, 2.75) is 0 Å². The second-order valence-corrected chi connectivity index (χ2v) is 4.17. The summed E-state index contributed by atoms with van der Waals surface area (Å²) in [4.78, 5) is 7.92. The van der Waals surface area contributed by atoms with Crippen LogP contribution in [0.1, 0.15) is 17.0 Å². The first-order valence-corrected chi connectivity index (χ1v) is 5.57. The Labute approximate surface area is 107 Å². The fraction of sp³-hybridized carbons (Fsp3) is 0. The molecule has 0 saturated heterocycles. The normalized spacial score (nSPS) is 9.65. The molecule has 0 aliphatic heterocycles. The van der Waals surface area contributed by atoms with Gasteiger partial charge >= 0.3 is 0 Å². The smallest absolute Gasteiger partial charge is 0.168 e. The fourth-order valence-electron chi connectivity index (χ4n) is 1.38. The molecule has 2 rings (SSSR count). The molecule has 0 aliphatic rings. The van der Waals surface area contributed by atoms with Crippen molar-refractivity contribution in [3.05, 3.63) is 58.1 Å². The molecule has 0 fully saturated rings. The van der Waals surface area contributed by atoms with Crippen LogP contribution in [0.5, 0.6) is 0 Å². The molecule has 0 aliphatic carbocycles. The molecule has 82 valence electrons. The van der Waals surface area contributed by atoms with Crippen LogP contribution in [-0.4, -0.2) is 15.7 Å². The first kappa shape index (κ1) is 11.4. The number of benzene rings is 1. The predicted molar refractivity (Wildman–Crippen MR) is 66.8 cm³/mol. The molecule has 5 heteroatoms. The highest BCUT2D eigenvalue weighted by Gasteiger charge is 2.12. The van der Waals surface area contributed by atoms with E-state index in [1.807, 2.05) is 18.2 Å². The molecule has 0 atom stereocenters. The molecule has 2 aromatic rings. The Balaban J connectivity index is 2.48. The van der Waals surface area contributed by atoms with Gasteiger partial charge in [-0.05, 0) is 12.1 Å². The van der Waals surface area contributed by atoms with Crippen LogP contribution in [0.25, 0.3) is 0 Å². The lowest BCUT2D eigenvalue weighted by molar-refractivity contribution is 1.13. The summed E-state index contributed by atoms with van der Waals surface area (Å²) in [6.45, 7) is 0. The minimum absolute atomic E-state index is 0.164. The first-order valence-electron chi connectivity index (χ1n) is 4.78. The van der Waals surface area contributed by atoms with Gasteiger partial charge in [-0.25, -0.2) is 9.97 Å². The van der Waals surface area contributed by atoms with Gasteiger partial charge in [0.15, 0.2) is 5.69 Å². The number of nitrogens with zero attached hydrogens (tertiary/aromatic N) is 3. The average Bonchev–Trinajstić information content (AvgIpc) is 2.38. The molecule has 0 amide bonds. The lowest BCUT2D eigenvalue weighted by Crippen LogP contribution is -2.08. The molecule has 17 heavy (non-hydrogen) atoms. The van der Waals surface area contributed by atoms with Crippen molar-refractivity contribution in [3.63, 3.8) is 0 Å². The molecule has 0 saturated carbocycles. The van der Waals surface area contributed by atoms with Crippen LogP contribution in [-0.2, 0) is 0 Å². The number of halogens is 1. The van der Waals surface area contributed by atoms with E-state index < -0.39 is 0 Å². The van der Waals surface area contributed by atoms with Crippen LogP contribution in [0.3, 0.4) is 0 Å². The Kier molecular flexibility index (Phi) is 3.26.